The van der Waals surface area contributed by atoms with Crippen molar-refractivity contribution in [2.75, 3.05) is 0 Å². The van der Waals surface area contributed by atoms with E-state index in [1.807, 2.05) is 12.4 Å². The average Bonchev–Trinajstić information content (AvgIpc) is 2.33. The van der Waals surface area contributed by atoms with Gasteiger partial charge in [-0.05, 0) is 44.6 Å². The Balaban J connectivity index is 2.87. The number of aromatic amines is 1. The highest BCUT2D eigenvalue weighted by Crippen LogP contribution is 2.22. The van der Waals surface area contributed by atoms with Gasteiger partial charge in [0.05, 0.1) is 0 Å². The first kappa shape index (κ1) is 7.54. The Morgan fingerprint density at radius 2 is 2.36 bits per heavy atom. The predicted octanol–water partition coefficient (Wildman–Crippen LogP) is 2.93. The second-order valence-corrected chi connectivity index (χ2v) is 4.29. The second kappa shape index (κ2) is 2.75. The number of pyridine rings is 1. The summed E-state index contributed by atoms with van der Waals surface area (Å²) < 4.78 is 2.22. The Hall–Kier alpha value is -0.100. The molecular formula is C7H4BrIN2. The Bertz CT molecular complexity index is 396. The molecule has 0 aliphatic rings. The van der Waals surface area contributed by atoms with Crippen LogP contribution in [0.4, 0.5) is 0 Å². The van der Waals surface area contributed by atoms with E-state index in [4.69, 9.17) is 0 Å². The summed E-state index contributed by atoms with van der Waals surface area (Å²) in [5.74, 6) is 0. The van der Waals surface area contributed by atoms with Gasteiger partial charge in [0.2, 0.25) is 0 Å². The van der Waals surface area contributed by atoms with Gasteiger partial charge in [-0.3, -0.25) is 0 Å². The molecule has 2 nitrogen and oxygen atoms in total. The quantitative estimate of drug-likeness (QED) is 0.742. The van der Waals surface area contributed by atoms with Crippen molar-refractivity contribution in [1.29, 1.82) is 0 Å². The number of hydrogen-bond acceptors (Lipinski definition) is 1. The molecule has 4 heteroatoms. The molecule has 0 fully saturated rings. The minimum atomic E-state index is 0.928. The molecule has 0 bridgehead atoms. The summed E-state index contributed by atoms with van der Waals surface area (Å²) in [6, 6.07) is 2.09. The first-order valence-electron chi connectivity index (χ1n) is 3.05. The molecule has 0 saturated carbocycles. The van der Waals surface area contributed by atoms with E-state index < -0.39 is 0 Å². The van der Waals surface area contributed by atoms with Gasteiger partial charge >= 0.3 is 0 Å². The molecule has 0 saturated heterocycles. The number of hydrogen-bond donors (Lipinski definition) is 1. The zero-order valence-corrected chi connectivity index (χ0v) is 9.18. The van der Waals surface area contributed by atoms with Crippen molar-refractivity contribution in [3.8, 4) is 0 Å². The second-order valence-electron chi connectivity index (χ2n) is 2.19. The molecular weight excluding hydrogens is 319 g/mol. The van der Waals surface area contributed by atoms with Crippen LogP contribution in [0.1, 0.15) is 0 Å². The number of nitrogens with zero attached hydrogens (tertiary/aromatic N) is 1. The summed E-state index contributed by atoms with van der Waals surface area (Å²) in [5.41, 5.74) is 0.928. The molecule has 0 unspecified atom stereocenters. The SMILES string of the molecule is Brc1c[nH]c2ncc(I)cc12. The van der Waals surface area contributed by atoms with Gasteiger partial charge < -0.3 is 4.98 Å². The molecule has 2 heterocycles. The van der Waals surface area contributed by atoms with Crippen LogP contribution in [0.3, 0.4) is 0 Å². The monoisotopic (exact) mass is 322 g/mol. The summed E-state index contributed by atoms with van der Waals surface area (Å²) in [7, 11) is 0. The smallest absolute Gasteiger partial charge is 0.138 e. The molecule has 2 rings (SSSR count). The Labute approximate surface area is 85.7 Å². The van der Waals surface area contributed by atoms with Crippen LogP contribution in [0, 0.1) is 3.57 Å². The van der Waals surface area contributed by atoms with Crippen molar-refractivity contribution in [2.24, 2.45) is 0 Å². The highest BCUT2D eigenvalue weighted by atomic mass is 127. The maximum atomic E-state index is 4.21. The van der Waals surface area contributed by atoms with Crippen LogP contribution in [0.2, 0.25) is 0 Å². The van der Waals surface area contributed by atoms with Crippen molar-refractivity contribution in [2.45, 2.75) is 0 Å². The Morgan fingerprint density at radius 3 is 3.18 bits per heavy atom. The number of rotatable bonds is 0. The highest BCUT2D eigenvalue weighted by Gasteiger charge is 2.00. The molecule has 56 valence electrons. The minimum Gasteiger partial charge on any atom is -0.345 e. The molecule has 2 aromatic heterocycles. The molecule has 0 aliphatic heterocycles. The minimum absolute atomic E-state index is 0.928. The summed E-state index contributed by atoms with van der Waals surface area (Å²) in [6.07, 6.45) is 3.74. The largest absolute Gasteiger partial charge is 0.345 e. The fourth-order valence-corrected chi connectivity index (χ4v) is 1.81. The topological polar surface area (TPSA) is 28.7 Å². The standard InChI is InChI=1S/C7H4BrIN2/c8-6-3-11-7-5(6)1-4(9)2-10-7/h1-3H,(H,10,11). The summed E-state index contributed by atoms with van der Waals surface area (Å²) >= 11 is 5.67. The summed E-state index contributed by atoms with van der Waals surface area (Å²) in [6.45, 7) is 0. The normalized spacial score (nSPS) is 10.7. The van der Waals surface area contributed by atoms with Crippen LogP contribution in [-0.2, 0) is 0 Å². The molecule has 0 amide bonds. The van der Waals surface area contributed by atoms with Gasteiger partial charge in [-0.2, -0.15) is 0 Å². The summed E-state index contributed by atoms with van der Waals surface area (Å²) in [4.78, 5) is 7.26. The van der Waals surface area contributed by atoms with Crippen LogP contribution in [0.25, 0.3) is 11.0 Å². The van der Waals surface area contributed by atoms with Gasteiger partial charge in [-0.1, -0.05) is 0 Å². The van der Waals surface area contributed by atoms with Crippen molar-refractivity contribution in [3.05, 3.63) is 26.5 Å². The van der Waals surface area contributed by atoms with Crippen LogP contribution in [0.15, 0.2) is 22.9 Å². The van der Waals surface area contributed by atoms with E-state index in [-0.39, 0.29) is 0 Å². The molecule has 0 aliphatic carbocycles. The third kappa shape index (κ3) is 1.29. The van der Waals surface area contributed by atoms with Gasteiger partial charge in [0.15, 0.2) is 0 Å². The lowest BCUT2D eigenvalue weighted by Gasteiger charge is -1.90. The van der Waals surface area contributed by atoms with Gasteiger partial charge in [0.1, 0.15) is 5.65 Å². The van der Waals surface area contributed by atoms with Gasteiger partial charge in [0.25, 0.3) is 0 Å². The zero-order valence-electron chi connectivity index (χ0n) is 5.44. The van der Waals surface area contributed by atoms with E-state index in [0.29, 0.717) is 0 Å². The van der Waals surface area contributed by atoms with Crippen LogP contribution < -0.4 is 0 Å². The van der Waals surface area contributed by atoms with E-state index in [1.54, 1.807) is 0 Å². The summed E-state index contributed by atoms with van der Waals surface area (Å²) in [5, 5.41) is 1.14. The van der Waals surface area contributed by atoms with Crippen molar-refractivity contribution < 1.29 is 0 Å². The maximum Gasteiger partial charge on any atom is 0.138 e. The van der Waals surface area contributed by atoms with Crippen LogP contribution >= 0.6 is 38.5 Å². The van der Waals surface area contributed by atoms with E-state index in [2.05, 4.69) is 54.6 Å². The van der Waals surface area contributed by atoms with E-state index >= 15 is 0 Å². The van der Waals surface area contributed by atoms with E-state index in [9.17, 15) is 0 Å². The number of fused-ring (bicyclic) bond motifs is 1. The first-order chi connectivity index (χ1) is 5.27. The van der Waals surface area contributed by atoms with Gasteiger partial charge in [0, 0.05) is 25.8 Å². The Morgan fingerprint density at radius 1 is 1.55 bits per heavy atom. The van der Waals surface area contributed by atoms with Gasteiger partial charge in [-0.15, -0.1) is 0 Å². The molecule has 0 radical (unpaired) electrons. The fourth-order valence-electron chi connectivity index (χ4n) is 0.946. The van der Waals surface area contributed by atoms with Crippen molar-refractivity contribution in [1.82, 2.24) is 9.97 Å². The van der Waals surface area contributed by atoms with Crippen molar-refractivity contribution >= 4 is 49.6 Å². The number of aromatic nitrogens is 2. The number of nitrogens with one attached hydrogen (secondary N) is 1. The predicted molar refractivity (Wildman–Crippen MR) is 56.5 cm³/mol. The third-order valence-electron chi connectivity index (χ3n) is 1.45. The maximum absolute atomic E-state index is 4.21. The van der Waals surface area contributed by atoms with E-state index in [1.165, 1.54) is 0 Å². The lowest BCUT2D eigenvalue weighted by Crippen LogP contribution is -1.76. The third-order valence-corrected chi connectivity index (χ3v) is 2.69. The first-order valence-corrected chi connectivity index (χ1v) is 4.92. The average molecular weight is 323 g/mol. The molecule has 2 aromatic rings. The Kier molecular flexibility index (Phi) is 1.88. The molecule has 0 aromatic carbocycles. The van der Waals surface area contributed by atoms with Gasteiger partial charge in [-0.25, -0.2) is 4.98 Å². The highest BCUT2D eigenvalue weighted by molar-refractivity contribution is 14.1. The lowest BCUT2D eigenvalue weighted by atomic mass is 10.3. The van der Waals surface area contributed by atoms with Crippen molar-refractivity contribution in [3.63, 3.8) is 0 Å². The lowest BCUT2D eigenvalue weighted by molar-refractivity contribution is 1.31. The zero-order chi connectivity index (χ0) is 7.84. The number of halogens is 2. The fraction of sp³-hybridized carbons (Fsp3) is 0. The van der Waals surface area contributed by atoms with Crippen LogP contribution in [0.5, 0.6) is 0 Å². The molecule has 0 atom stereocenters. The molecule has 0 spiro atoms. The van der Waals surface area contributed by atoms with E-state index in [0.717, 1.165) is 19.1 Å². The molecule has 1 N–H and O–H groups in total. The molecule has 11 heavy (non-hydrogen) atoms. The number of H-pyrrole nitrogens is 1. The van der Waals surface area contributed by atoms with Crippen LogP contribution in [-0.4, -0.2) is 9.97 Å².